The molecular formula is C12H18O. The van der Waals surface area contributed by atoms with Gasteiger partial charge in [-0.15, -0.1) is 0 Å². The van der Waals surface area contributed by atoms with E-state index in [1.165, 1.54) is 25.7 Å². The van der Waals surface area contributed by atoms with E-state index in [0.29, 0.717) is 5.92 Å². The maximum atomic E-state index is 9.95. The number of aliphatic hydroxyl groups is 1. The molecule has 2 aliphatic rings. The minimum atomic E-state index is -0.277. The van der Waals surface area contributed by atoms with Gasteiger partial charge in [0.25, 0.3) is 0 Å². The SMILES string of the molecule is CC1(C2CCCC2)C=CC=CC1O. The third-order valence-electron chi connectivity index (χ3n) is 3.73. The normalized spacial score (nSPS) is 40.0. The van der Waals surface area contributed by atoms with Crippen molar-refractivity contribution in [1.29, 1.82) is 0 Å². The molecule has 0 saturated heterocycles. The largest absolute Gasteiger partial charge is 0.388 e. The summed E-state index contributed by atoms with van der Waals surface area (Å²) in [5.74, 6) is 0.684. The summed E-state index contributed by atoms with van der Waals surface area (Å²) in [6, 6.07) is 0. The fourth-order valence-corrected chi connectivity index (χ4v) is 2.66. The molecule has 2 rings (SSSR count). The first-order valence-corrected chi connectivity index (χ1v) is 5.27. The third kappa shape index (κ3) is 1.46. The zero-order valence-electron chi connectivity index (χ0n) is 8.24. The zero-order chi connectivity index (χ0) is 9.31. The summed E-state index contributed by atoms with van der Waals surface area (Å²) >= 11 is 0. The molecule has 1 saturated carbocycles. The standard InChI is InChI=1S/C12H18O/c1-12(10-6-2-3-7-10)9-5-4-8-11(12)13/h4-5,8-11,13H,2-3,6-7H2,1H3. The van der Waals surface area contributed by atoms with Gasteiger partial charge >= 0.3 is 0 Å². The molecule has 0 aromatic carbocycles. The maximum absolute atomic E-state index is 9.95. The van der Waals surface area contributed by atoms with Crippen LogP contribution in [-0.2, 0) is 0 Å². The second-order valence-corrected chi connectivity index (χ2v) is 4.54. The van der Waals surface area contributed by atoms with Crippen molar-refractivity contribution in [2.45, 2.75) is 38.7 Å². The number of hydrogen-bond acceptors (Lipinski definition) is 1. The molecule has 0 aliphatic heterocycles. The second-order valence-electron chi connectivity index (χ2n) is 4.54. The van der Waals surface area contributed by atoms with Crippen LogP contribution in [0.1, 0.15) is 32.6 Å². The van der Waals surface area contributed by atoms with Crippen LogP contribution in [0.15, 0.2) is 24.3 Å². The third-order valence-corrected chi connectivity index (χ3v) is 3.73. The van der Waals surface area contributed by atoms with Gasteiger partial charge in [0.15, 0.2) is 0 Å². The van der Waals surface area contributed by atoms with Gasteiger partial charge in [-0.05, 0) is 18.8 Å². The average Bonchev–Trinajstić information content (AvgIpc) is 2.63. The molecule has 0 aromatic heterocycles. The minimum Gasteiger partial charge on any atom is -0.388 e. The summed E-state index contributed by atoms with van der Waals surface area (Å²) in [5, 5.41) is 9.95. The highest BCUT2D eigenvalue weighted by Gasteiger charge is 2.39. The molecule has 1 fully saturated rings. The molecule has 72 valence electrons. The van der Waals surface area contributed by atoms with E-state index in [0.717, 1.165) is 0 Å². The molecule has 2 atom stereocenters. The van der Waals surface area contributed by atoms with Crippen molar-refractivity contribution in [2.75, 3.05) is 0 Å². The fourth-order valence-electron chi connectivity index (χ4n) is 2.66. The number of hydrogen-bond donors (Lipinski definition) is 1. The molecule has 0 aromatic rings. The Labute approximate surface area is 80.2 Å². The van der Waals surface area contributed by atoms with Crippen molar-refractivity contribution in [3.05, 3.63) is 24.3 Å². The van der Waals surface area contributed by atoms with Gasteiger partial charge in [-0.1, -0.05) is 44.1 Å². The Kier molecular flexibility index (Phi) is 2.29. The molecule has 2 unspecified atom stereocenters. The van der Waals surface area contributed by atoms with Crippen molar-refractivity contribution in [2.24, 2.45) is 11.3 Å². The van der Waals surface area contributed by atoms with Crippen molar-refractivity contribution in [3.8, 4) is 0 Å². The smallest absolute Gasteiger partial charge is 0.0814 e. The van der Waals surface area contributed by atoms with E-state index >= 15 is 0 Å². The molecule has 1 heteroatoms. The van der Waals surface area contributed by atoms with Gasteiger partial charge in [-0.3, -0.25) is 0 Å². The van der Waals surface area contributed by atoms with Crippen molar-refractivity contribution in [1.82, 2.24) is 0 Å². The lowest BCUT2D eigenvalue weighted by Crippen LogP contribution is -2.36. The van der Waals surface area contributed by atoms with E-state index in [4.69, 9.17) is 0 Å². The van der Waals surface area contributed by atoms with Crippen LogP contribution in [0.5, 0.6) is 0 Å². The van der Waals surface area contributed by atoms with Gasteiger partial charge in [-0.25, -0.2) is 0 Å². The van der Waals surface area contributed by atoms with Crippen LogP contribution < -0.4 is 0 Å². The molecule has 0 amide bonds. The molecule has 0 heterocycles. The predicted octanol–water partition coefficient (Wildman–Crippen LogP) is 2.67. The van der Waals surface area contributed by atoms with Crippen LogP contribution in [0.2, 0.25) is 0 Å². The summed E-state index contributed by atoms with van der Waals surface area (Å²) in [4.78, 5) is 0. The van der Waals surface area contributed by atoms with Crippen LogP contribution in [0.25, 0.3) is 0 Å². The van der Waals surface area contributed by atoms with Gasteiger partial charge < -0.3 is 5.11 Å². The molecule has 13 heavy (non-hydrogen) atoms. The Hall–Kier alpha value is -0.560. The van der Waals surface area contributed by atoms with E-state index in [1.54, 1.807) is 0 Å². The van der Waals surface area contributed by atoms with Crippen LogP contribution in [0.3, 0.4) is 0 Å². The highest BCUT2D eigenvalue weighted by molar-refractivity contribution is 5.21. The average molecular weight is 178 g/mol. The van der Waals surface area contributed by atoms with Gasteiger partial charge in [0.1, 0.15) is 0 Å². The summed E-state index contributed by atoms with van der Waals surface area (Å²) in [7, 11) is 0. The maximum Gasteiger partial charge on any atom is 0.0814 e. The van der Waals surface area contributed by atoms with Crippen LogP contribution in [0, 0.1) is 11.3 Å². The summed E-state index contributed by atoms with van der Waals surface area (Å²) < 4.78 is 0. The zero-order valence-corrected chi connectivity index (χ0v) is 8.24. The first kappa shape index (κ1) is 9.01. The Balaban J connectivity index is 2.18. The Morgan fingerprint density at radius 2 is 1.92 bits per heavy atom. The number of allylic oxidation sites excluding steroid dienone is 2. The Bertz CT molecular complexity index is 236. The van der Waals surface area contributed by atoms with E-state index < -0.39 is 0 Å². The van der Waals surface area contributed by atoms with E-state index in [1.807, 2.05) is 12.2 Å². The van der Waals surface area contributed by atoms with Gasteiger partial charge in [0.05, 0.1) is 6.10 Å². The lowest BCUT2D eigenvalue weighted by molar-refractivity contribution is 0.0642. The lowest BCUT2D eigenvalue weighted by atomic mass is 9.70. The molecular weight excluding hydrogens is 160 g/mol. The second kappa shape index (κ2) is 3.30. The summed E-state index contributed by atoms with van der Waals surface area (Å²) in [5.41, 5.74) is 0.00521. The number of aliphatic hydroxyl groups excluding tert-OH is 1. The van der Waals surface area contributed by atoms with Gasteiger partial charge in [0.2, 0.25) is 0 Å². The Morgan fingerprint density at radius 1 is 1.23 bits per heavy atom. The molecule has 1 N–H and O–H groups in total. The highest BCUT2D eigenvalue weighted by Crippen LogP contribution is 2.44. The van der Waals surface area contributed by atoms with E-state index in [-0.39, 0.29) is 11.5 Å². The fraction of sp³-hybridized carbons (Fsp3) is 0.667. The van der Waals surface area contributed by atoms with Crippen molar-refractivity contribution < 1.29 is 5.11 Å². The monoisotopic (exact) mass is 178 g/mol. The minimum absolute atomic E-state index is 0.00521. The first-order valence-electron chi connectivity index (χ1n) is 5.27. The van der Waals surface area contributed by atoms with Crippen LogP contribution >= 0.6 is 0 Å². The van der Waals surface area contributed by atoms with Gasteiger partial charge in [-0.2, -0.15) is 0 Å². The summed E-state index contributed by atoms with van der Waals surface area (Å²) in [6.45, 7) is 2.19. The first-order chi connectivity index (χ1) is 6.23. The topological polar surface area (TPSA) is 20.2 Å². The molecule has 0 bridgehead atoms. The Morgan fingerprint density at radius 3 is 2.54 bits per heavy atom. The van der Waals surface area contributed by atoms with Crippen LogP contribution in [0.4, 0.5) is 0 Å². The number of rotatable bonds is 1. The van der Waals surface area contributed by atoms with Crippen molar-refractivity contribution >= 4 is 0 Å². The van der Waals surface area contributed by atoms with Crippen LogP contribution in [-0.4, -0.2) is 11.2 Å². The summed E-state index contributed by atoms with van der Waals surface area (Å²) in [6.07, 6.45) is 13.1. The van der Waals surface area contributed by atoms with E-state index in [9.17, 15) is 5.11 Å². The van der Waals surface area contributed by atoms with Crippen molar-refractivity contribution in [3.63, 3.8) is 0 Å². The highest BCUT2D eigenvalue weighted by atomic mass is 16.3. The molecule has 1 nitrogen and oxygen atoms in total. The predicted molar refractivity (Wildman–Crippen MR) is 54.4 cm³/mol. The lowest BCUT2D eigenvalue weighted by Gasteiger charge is -2.37. The molecule has 0 radical (unpaired) electrons. The quantitative estimate of drug-likeness (QED) is 0.654. The molecule has 2 aliphatic carbocycles. The molecule has 0 spiro atoms. The van der Waals surface area contributed by atoms with Gasteiger partial charge in [0, 0.05) is 5.41 Å². The van der Waals surface area contributed by atoms with E-state index in [2.05, 4.69) is 19.1 Å².